The van der Waals surface area contributed by atoms with Crippen molar-refractivity contribution in [2.75, 3.05) is 17.6 Å². The van der Waals surface area contributed by atoms with E-state index in [2.05, 4.69) is 10.3 Å². The van der Waals surface area contributed by atoms with Crippen LogP contribution in [-0.2, 0) is 11.3 Å². The Kier molecular flexibility index (Phi) is 5.46. The molecule has 1 heterocycles. The second-order valence-corrected chi connectivity index (χ2v) is 6.37. The van der Waals surface area contributed by atoms with Crippen molar-refractivity contribution in [3.8, 4) is 0 Å². The zero-order valence-corrected chi connectivity index (χ0v) is 13.4. The number of nitrogens with one attached hydrogen (secondary N) is 1. The van der Waals surface area contributed by atoms with Crippen molar-refractivity contribution in [2.24, 2.45) is 0 Å². The van der Waals surface area contributed by atoms with Crippen molar-refractivity contribution in [2.45, 2.75) is 26.4 Å². The molecule has 2 rings (SSSR count). The van der Waals surface area contributed by atoms with Gasteiger partial charge in [0.25, 0.3) is 0 Å². The quantitative estimate of drug-likeness (QED) is 0.858. The number of thiazole rings is 1. The molecular formula is C15H19FN4OS. The molecule has 22 heavy (non-hydrogen) atoms. The maximum Gasteiger partial charge on any atom is 0.238 e. The van der Waals surface area contributed by atoms with Crippen LogP contribution in [0.1, 0.15) is 18.7 Å². The number of halogens is 1. The predicted molar refractivity (Wildman–Crippen MR) is 87.1 cm³/mol. The summed E-state index contributed by atoms with van der Waals surface area (Å²) < 4.78 is 12.8. The number of nitrogens with two attached hydrogens (primary N) is 1. The lowest BCUT2D eigenvalue weighted by Crippen LogP contribution is -2.37. The second-order valence-electron chi connectivity index (χ2n) is 5.22. The third-order valence-electron chi connectivity index (χ3n) is 3.14. The molecule has 0 aliphatic heterocycles. The molecule has 1 aromatic carbocycles. The lowest BCUT2D eigenvalue weighted by molar-refractivity contribution is -0.117. The van der Waals surface area contributed by atoms with Crippen molar-refractivity contribution in [1.29, 1.82) is 0 Å². The van der Waals surface area contributed by atoms with E-state index in [9.17, 15) is 9.18 Å². The van der Waals surface area contributed by atoms with Crippen molar-refractivity contribution in [1.82, 2.24) is 9.88 Å². The Morgan fingerprint density at radius 2 is 2.09 bits per heavy atom. The van der Waals surface area contributed by atoms with E-state index < -0.39 is 0 Å². The fourth-order valence-corrected chi connectivity index (χ4v) is 2.64. The van der Waals surface area contributed by atoms with Crippen LogP contribution in [0.25, 0.3) is 0 Å². The van der Waals surface area contributed by atoms with Gasteiger partial charge in [0.2, 0.25) is 5.91 Å². The normalized spacial score (nSPS) is 11.1. The zero-order valence-electron chi connectivity index (χ0n) is 12.5. The van der Waals surface area contributed by atoms with Crippen molar-refractivity contribution >= 4 is 28.1 Å². The maximum absolute atomic E-state index is 12.8. The minimum Gasteiger partial charge on any atom is -0.375 e. The molecule has 1 aromatic heterocycles. The summed E-state index contributed by atoms with van der Waals surface area (Å²) in [5, 5.41) is 3.28. The van der Waals surface area contributed by atoms with Gasteiger partial charge in [-0.1, -0.05) is 0 Å². The number of nitrogens with zero attached hydrogens (tertiary/aromatic N) is 2. The van der Waals surface area contributed by atoms with E-state index in [1.54, 1.807) is 6.20 Å². The Balaban J connectivity index is 1.95. The number of aromatic nitrogens is 1. The number of benzene rings is 1. The second kappa shape index (κ2) is 7.33. The summed E-state index contributed by atoms with van der Waals surface area (Å²) in [5.74, 6) is -0.470. The molecule has 0 aliphatic rings. The van der Waals surface area contributed by atoms with E-state index in [4.69, 9.17) is 5.73 Å². The highest BCUT2D eigenvalue weighted by atomic mass is 32.1. The molecule has 0 fully saturated rings. The van der Waals surface area contributed by atoms with Gasteiger partial charge in [0, 0.05) is 29.3 Å². The van der Waals surface area contributed by atoms with Gasteiger partial charge in [-0.25, -0.2) is 9.37 Å². The minimum atomic E-state index is -0.329. The first kappa shape index (κ1) is 16.4. The zero-order chi connectivity index (χ0) is 16.1. The summed E-state index contributed by atoms with van der Waals surface area (Å²) in [6, 6.07) is 5.90. The number of hydrogen-bond donors (Lipinski definition) is 2. The molecule has 0 bridgehead atoms. The predicted octanol–water partition coefficient (Wildman–Crippen LogP) is 2.71. The Hall–Kier alpha value is -1.99. The Bertz CT molecular complexity index is 627. The van der Waals surface area contributed by atoms with Crippen molar-refractivity contribution in [3.05, 3.63) is 41.2 Å². The van der Waals surface area contributed by atoms with Crippen molar-refractivity contribution in [3.63, 3.8) is 0 Å². The molecule has 1 amide bonds. The van der Waals surface area contributed by atoms with Gasteiger partial charge in [0.05, 0.1) is 6.54 Å². The highest BCUT2D eigenvalue weighted by Gasteiger charge is 2.16. The molecule has 0 saturated heterocycles. The van der Waals surface area contributed by atoms with Gasteiger partial charge in [-0.05, 0) is 38.1 Å². The van der Waals surface area contributed by atoms with Crippen LogP contribution >= 0.6 is 11.3 Å². The first-order chi connectivity index (χ1) is 10.4. The lowest BCUT2D eigenvalue weighted by Gasteiger charge is -2.25. The molecule has 0 atom stereocenters. The number of carbonyl (C=O) groups excluding carboxylic acids is 1. The Labute approximate surface area is 133 Å². The molecule has 0 spiro atoms. The summed E-state index contributed by atoms with van der Waals surface area (Å²) in [6.07, 6.45) is 1.73. The first-order valence-electron chi connectivity index (χ1n) is 6.93. The number of anilines is 2. The van der Waals surface area contributed by atoms with Crippen molar-refractivity contribution < 1.29 is 9.18 Å². The van der Waals surface area contributed by atoms with E-state index in [0.29, 0.717) is 17.4 Å². The van der Waals surface area contributed by atoms with Crippen LogP contribution in [-0.4, -0.2) is 28.4 Å². The summed E-state index contributed by atoms with van der Waals surface area (Å²) in [6.45, 7) is 4.90. The number of carbonyl (C=O) groups is 1. The van der Waals surface area contributed by atoms with Gasteiger partial charge in [-0.2, -0.15) is 0 Å². The monoisotopic (exact) mass is 322 g/mol. The summed E-state index contributed by atoms with van der Waals surface area (Å²) in [5.41, 5.74) is 6.21. The van der Waals surface area contributed by atoms with E-state index in [-0.39, 0.29) is 24.3 Å². The number of amides is 1. The number of hydrogen-bond acceptors (Lipinski definition) is 5. The molecule has 2 aromatic rings. The van der Waals surface area contributed by atoms with E-state index in [1.807, 2.05) is 18.7 Å². The molecule has 3 N–H and O–H groups in total. The molecule has 118 valence electrons. The van der Waals surface area contributed by atoms with Crippen LogP contribution in [0.2, 0.25) is 0 Å². The third kappa shape index (κ3) is 4.78. The molecule has 0 unspecified atom stereocenters. The fourth-order valence-electron chi connectivity index (χ4n) is 1.94. The maximum atomic E-state index is 12.8. The average molecular weight is 322 g/mol. The molecule has 0 radical (unpaired) electrons. The molecular weight excluding hydrogens is 303 g/mol. The Morgan fingerprint density at radius 3 is 2.64 bits per heavy atom. The largest absolute Gasteiger partial charge is 0.375 e. The van der Waals surface area contributed by atoms with E-state index in [1.165, 1.54) is 35.6 Å². The van der Waals surface area contributed by atoms with Crippen LogP contribution in [0, 0.1) is 5.82 Å². The van der Waals surface area contributed by atoms with Gasteiger partial charge >= 0.3 is 0 Å². The first-order valence-corrected chi connectivity index (χ1v) is 7.75. The minimum absolute atomic E-state index is 0.141. The highest BCUT2D eigenvalue weighted by molar-refractivity contribution is 7.15. The average Bonchev–Trinajstić information content (AvgIpc) is 2.86. The summed E-state index contributed by atoms with van der Waals surface area (Å²) in [4.78, 5) is 19.2. The van der Waals surface area contributed by atoms with E-state index >= 15 is 0 Å². The van der Waals surface area contributed by atoms with Gasteiger partial charge in [0.15, 0.2) is 5.13 Å². The topological polar surface area (TPSA) is 71.2 Å². The summed E-state index contributed by atoms with van der Waals surface area (Å²) >= 11 is 1.42. The molecule has 7 heteroatoms. The molecule has 0 saturated carbocycles. The van der Waals surface area contributed by atoms with Crippen LogP contribution in [0.15, 0.2) is 30.5 Å². The number of rotatable bonds is 6. The fraction of sp³-hybridized carbons (Fsp3) is 0.333. The standard InChI is InChI=1S/C15H19FN4OS/c1-10(2)20(8-13-7-18-15(17)22-13)9-14(21)19-12-5-3-11(16)4-6-12/h3-7,10H,8-9H2,1-2H3,(H2,17,18)(H,19,21). The van der Waals surface area contributed by atoms with Crippen LogP contribution < -0.4 is 11.1 Å². The molecule has 5 nitrogen and oxygen atoms in total. The highest BCUT2D eigenvalue weighted by Crippen LogP contribution is 2.18. The lowest BCUT2D eigenvalue weighted by atomic mass is 10.3. The smallest absolute Gasteiger partial charge is 0.238 e. The van der Waals surface area contributed by atoms with Crippen LogP contribution in [0.3, 0.4) is 0 Å². The molecule has 0 aliphatic carbocycles. The van der Waals surface area contributed by atoms with Gasteiger partial charge in [-0.15, -0.1) is 11.3 Å². The Morgan fingerprint density at radius 1 is 1.41 bits per heavy atom. The van der Waals surface area contributed by atoms with E-state index in [0.717, 1.165) is 4.88 Å². The summed E-state index contributed by atoms with van der Waals surface area (Å²) in [7, 11) is 0. The van der Waals surface area contributed by atoms with Crippen LogP contribution in [0.4, 0.5) is 15.2 Å². The van der Waals surface area contributed by atoms with Crippen LogP contribution in [0.5, 0.6) is 0 Å². The van der Waals surface area contributed by atoms with Gasteiger partial charge in [0.1, 0.15) is 5.82 Å². The van der Waals surface area contributed by atoms with Gasteiger partial charge < -0.3 is 11.1 Å². The SMILES string of the molecule is CC(C)N(CC(=O)Nc1ccc(F)cc1)Cc1cnc(N)s1. The third-order valence-corrected chi connectivity index (χ3v) is 3.95. The number of nitrogen functional groups attached to an aromatic ring is 1. The van der Waals surface area contributed by atoms with Gasteiger partial charge in [-0.3, -0.25) is 9.69 Å².